The Morgan fingerprint density at radius 3 is 2.76 bits per heavy atom. The number of rotatable bonds is 5. The third-order valence-corrected chi connectivity index (χ3v) is 3.83. The van der Waals surface area contributed by atoms with Crippen molar-refractivity contribution in [3.63, 3.8) is 0 Å². The zero-order valence-electron chi connectivity index (χ0n) is 12.2. The number of nitrogens with one attached hydrogen (secondary N) is 1. The maximum atomic E-state index is 13.2. The van der Waals surface area contributed by atoms with E-state index < -0.39 is 11.7 Å². The fraction of sp³-hybridized carbons (Fsp3) is 0.562. The van der Waals surface area contributed by atoms with Crippen molar-refractivity contribution in [1.29, 1.82) is 0 Å². The highest BCUT2D eigenvalue weighted by atomic mass is 19.4. The molecule has 1 N–H and O–H groups in total. The molecule has 0 saturated carbocycles. The number of halogens is 3. The van der Waals surface area contributed by atoms with Gasteiger partial charge in [0.25, 0.3) is 0 Å². The monoisotopic (exact) mass is 298 g/mol. The highest BCUT2D eigenvalue weighted by Crippen LogP contribution is 2.36. The lowest BCUT2D eigenvalue weighted by molar-refractivity contribution is -0.138. The lowest BCUT2D eigenvalue weighted by atomic mass is 9.90. The Labute approximate surface area is 123 Å². The molecule has 0 fully saturated rings. The van der Waals surface area contributed by atoms with Crippen molar-refractivity contribution in [1.82, 2.24) is 10.3 Å². The standard InChI is InChI=1S/C16H21F3N2/c1-2-21-15(10-12-6-4-3-5-7-12)13-11-20-9-8-14(13)16(17,18)19/h6,8-9,11,15,21H,2-5,7,10H2,1H3. The van der Waals surface area contributed by atoms with Crippen LogP contribution in [0.3, 0.4) is 0 Å². The number of alkyl halides is 3. The van der Waals surface area contributed by atoms with Crippen molar-refractivity contribution in [3.05, 3.63) is 41.2 Å². The summed E-state index contributed by atoms with van der Waals surface area (Å²) < 4.78 is 39.5. The van der Waals surface area contributed by atoms with Crippen LogP contribution in [0.15, 0.2) is 30.1 Å². The second kappa shape index (κ2) is 7.07. The van der Waals surface area contributed by atoms with Gasteiger partial charge in [0.2, 0.25) is 0 Å². The number of nitrogens with zero attached hydrogens (tertiary/aromatic N) is 1. The topological polar surface area (TPSA) is 24.9 Å². The minimum absolute atomic E-state index is 0.248. The average Bonchev–Trinajstić information content (AvgIpc) is 2.47. The van der Waals surface area contributed by atoms with E-state index in [1.165, 1.54) is 24.4 Å². The van der Waals surface area contributed by atoms with E-state index in [0.29, 0.717) is 13.0 Å². The van der Waals surface area contributed by atoms with Crippen LogP contribution in [0.2, 0.25) is 0 Å². The predicted molar refractivity (Wildman–Crippen MR) is 76.8 cm³/mol. The van der Waals surface area contributed by atoms with Crippen molar-refractivity contribution in [3.8, 4) is 0 Å². The number of hydrogen-bond donors (Lipinski definition) is 1. The fourth-order valence-electron chi connectivity index (χ4n) is 2.83. The largest absolute Gasteiger partial charge is 0.416 e. The van der Waals surface area contributed by atoms with Crippen molar-refractivity contribution >= 4 is 0 Å². The third kappa shape index (κ3) is 4.30. The van der Waals surface area contributed by atoms with E-state index in [1.807, 2.05) is 6.92 Å². The maximum Gasteiger partial charge on any atom is 0.416 e. The van der Waals surface area contributed by atoms with E-state index >= 15 is 0 Å². The molecule has 0 spiro atoms. The molecule has 1 heterocycles. The minimum Gasteiger partial charge on any atom is -0.310 e. The molecule has 0 amide bonds. The van der Waals surface area contributed by atoms with E-state index in [1.54, 1.807) is 0 Å². The molecule has 0 aliphatic heterocycles. The highest BCUT2D eigenvalue weighted by molar-refractivity contribution is 5.30. The van der Waals surface area contributed by atoms with Crippen molar-refractivity contribution in [2.45, 2.75) is 51.2 Å². The lowest BCUT2D eigenvalue weighted by Gasteiger charge is -2.24. The molecule has 1 unspecified atom stereocenters. The molecule has 1 aromatic heterocycles. The molecule has 1 aliphatic carbocycles. The van der Waals surface area contributed by atoms with E-state index in [2.05, 4.69) is 16.4 Å². The molecule has 1 aromatic rings. The molecule has 116 valence electrons. The summed E-state index contributed by atoms with van der Waals surface area (Å²) in [4.78, 5) is 3.90. The van der Waals surface area contributed by atoms with Crippen LogP contribution >= 0.6 is 0 Å². The lowest BCUT2D eigenvalue weighted by Crippen LogP contribution is -2.25. The molecule has 1 aliphatic rings. The number of allylic oxidation sites excluding steroid dienone is 1. The summed E-state index contributed by atoms with van der Waals surface area (Å²) >= 11 is 0. The van der Waals surface area contributed by atoms with Gasteiger partial charge in [-0.1, -0.05) is 18.6 Å². The number of aromatic nitrogens is 1. The molecule has 0 bridgehead atoms. The summed E-state index contributed by atoms with van der Waals surface area (Å²) in [5.74, 6) is 0. The maximum absolute atomic E-state index is 13.2. The Bertz CT molecular complexity index is 495. The van der Waals surface area contributed by atoms with Crippen LogP contribution in [0.5, 0.6) is 0 Å². The van der Waals surface area contributed by atoms with Crippen molar-refractivity contribution in [2.75, 3.05) is 6.54 Å². The van der Waals surface area contributed by atoms with Gasteiger partial charge in [-0.05, 0) is 50.3 Å². The fourth-order valence-corrected chi connectivity index (χ4v) is 2.83. The van der Waals surface area contributed by atoms with Crippen LogP contribution in [-0.4, -0.2) is 11.5 Å². The van der Waals surface area contributed by atoms with Gasteiger partial charge in [-0.25, -0.2) is 0 Å². The van der Waals surface area contributed by atoms with E-state index in [4.69, 9.17) is 0 Å². The molecule has 0 saturated heterocycles. The van der Waals surface area contributed by atoms with Gasteiger partial charge < -0.3 is 5.32 Å². The molecule has 2 rings (SSSR count). The van der Waals surface area contributed by atoms with Gasteiger partial charge in [0.1, 0.15) is 0 Å². The summed E-state index contributed by atoms with van der Waals surface area (Å²) in [6.07, 6.45) is 5.35. The van der Waals surface area contributed by atoms with Gasteiger partial charge in [-0.3, -0.25) is 4.98 Å². The number of pyridine rings is 1. The van der Waals surface area contributed by atoms with Crippen LogP contribution in [0.1, 0.15) is 56.2 Å². The summed E-state index contributed by atoms with van der Waals surface area (Å²) in [7, 11) is 0. The van der Waals surface area contributed by atoms with Gasteiger partial charge in [-0.2, -0.15) is 13.2 Å². The average molecular weight is 298 g/mol. The third-order valence-electron chi connectivity index (χ3n) is 3.83. The van der Waals surface area contributed by atoms with E-state index in [9.17, 15) is 13.2 Å². The normalized spacial score (nSPS) is 17.4. The Morgan fingerprint density at radius 1 is 1.33 bits per heavy atom. The highest BCUT2D eigenvalue weighted by Gasteiger charge is 2.35. The van der Waals surface area contributed by atoms with E-state index in [0.717, 1.165) is 25.3 Å². The Kier molecular flexibility index (Phi) is 5.39. The van der Waals surface area contributed by atoms with E-state index in [-0.39, 0.29) is 11.6 Å². The molecule has 0 aromatic carbocycles. The second-order valence-electron chi connectivity index (χ2n) is 5.38. The summed E-state index contributed by atoms with van der Waals surface area (Å²) in [5, 5.41) is 3.18. The molecule has 0 radical (unpaired) electrons. The molecule has 1 atom stereocenters. The second-order valence-corrected chi connectivity index (χ2v) is 5.38. The molecular formula is C16H21F3N2. The van der Waals surface area contributed by atoms with Crippen molar-refractivity contribution < 1.29 is 13.2 Å². The Balaban J connectivity index is 2.27. The SMILES string of the molecule is CCNC(CC1=CCCCC1)c1cnccc1C(F)(F)F. The molecule has 2 nitrogen and oxygen atoms in total. The summed E-state index contributed by atoms with van der Waals surface area (Å²) in [6.45, 7) is 2.54. The predicted octanol–water partition coefficient (Wildman–Crippen LogP) is 4.64. The van der Waals surface area contributed by atoms with Crippen molar-refractivity contribution in [2.24, 2.45) is 0 Å². The van der Waals surface area contributed by atoms with Gasteiger partial charge >= 0.3 is 6.18 Å². The zero-order valence-corrected chi connectivity index (χ0v) is 12.2. The molecular weight excluding hydrogens is 277 g/mol. The van der Waals surface area contributed by atoms with Crippen LogP contribution in [0.25, 0.3) is 0 Å². The van der Waals surface area contributed by atoms with Gasteiger partial charge in [-0.15, -0.1) is 0 Å². The first-order chi connectivity index (χ1) is 10.0. The van der Waals surface area contributed by atoms with Gasteiger partial charge in [0.05, 0.1) is 5.56 Å². The zero-order chi connectivity index (χ0) is 15.3. The van der Waals surface area contributed by atoms with Crippen LogP contribution in [-0.2, 0) is 6.18 Å². The Morgan fingerprint density at radius 2 is 2.14 bits per heavy atom. The first-order valence-electron chi connectivity index (χ1n) is 7.44. The molecule has 5 heteroatoms. The van der Waals surface area contributed by atoms with Crippen LogP contribution < -0.4 is 5.32 Å². The first kappa shape index (κ1) is 16.0. The molecule has 21 heavy (non-hydrogen) atoms. The number of hydrogen-bond acceptors (Lipinski definition) is 2. The quantitative estimate of drug-likeness (QED) is 0.801. The smallest absolute Gasteiger partial charge is 0.310 e. The van der Waals surface area contributed by atoms with Gasteiger partial charge in [0, 0.05) is 18.4 Å². The van der Waals surface area contributed by atoms with Crippen LogP contribution in [0.4, 0.5) is 13.2 Å². The summed E-state index contributed by atoms with van der Waals surface area (Å²) in [6, 6.07) is 0.735. The Hall–Kier alpha value is -1.36. The summed E-state index contributed by atoms with van der Waals surface area (Å²) in [5.41, 5.74) is 0.919. The minimum atomic E-state index is -4.34. The van der Waals surface area contributed by atoms with Crippen LogP contribution in [0, 0.1) is 0 Å². The van der Waals surface area contributed by atoms with Gasteiger partial charge in [0.15, 0.2) is 0 Å². The first-order valence-corrected chi connectivity index (χ1v) is 7.44.